The molecule has 3 heterocycles. The van der Waals surface area contributed by atoms with E-state index in [1.807, 2.05) is 4.90 Å². The van der Waals surface area contributed by atoms with Gasteiger partial charge in [-0.05, 0) is 36.8 Å². The molecule has 0 bridgehead atoms. The number of benzene rings is 1. The van der Waals surface area contributed by atoms with Crippen LogP contribution < -0.4 is 21.7 Å². The summed E-state index contributed by atoms with van der Waals surface area (Å²) >= 11 is 0. The summed E-state index contributed by atoms with van der Waals surface area (Å²) in [6.07, 6.45) is 3.81. The third kappa shape index (κ3) is 4.76. The molecule has 33 heavy (non-hydrogen) atoms. The number of hydrogen-bond donors (Lipinski definition) is 3. The summed E-state index contributed by atoms with van der Waals surface area (Å²) in [4.78, 5) is 23.3. The highest BCUT2D eigenvalue weighted by Gasteiger charge is 2.27. The van der Waals surface area contributed by atoms with E-state index in [0.717, 1.165) is 18.6 Å². The Bertz CT molecular complexity index is 1160. The van der Waals surface area contributed by atoms with Crippen LogP contribution in [-0.4, -0.2) is 48.2 Å². The molecule has 0 unspecified atom stereocenters. The van der Waals surface area contributed by atoms with Gasteiger partial charge < -0.3 is 26.4 Å². The molecule has 0 spiro atoms. The van der Waals surface area contributed by atoms with Gasteiger partial charge in [0, 0.05) is 32.4 Å². The average Bonchev–Trinajstić information content (AvgIpc) is 2.79. The van der Waals surface area contributed by atoms with Crippen LogP contribution in [0.25, 0.3) is 11.3 Å². The quantitative estimate of drug-likeness (QED) is 0.542. The zero-order valence-electron chi connectivity index (χ0n) is 18.0. The summed E-state index contributed by atoms with van der Waals surface area (Å²) in [7, 11) is 1.63. The van der Waals surface area contributed by atoms with E-state index in [1.54, 1.807) is 19.4 Å². The molecule has 2 aromatic heterocycles. The van der Waals surface area contributed by atoms with Gasteiger partial charge in [-0.2, -0.15) is 0 Å². The molecule has 1 amide bonds. The third-order valence-corrected chi connectivity index (χ3v) is 5.53. The van der Waals surface area contributed by atoms with Crippen LogP contribution in [0, 0.1) is 11.6 Å². The largest absolute Gasteiger partial charge is 0.397 e. The topological polar surface area (TPSA) is 119 Å². The number of methoxy groups -OCH3 is 1. The van der Waals surface area contributed by atoms with Gasteiger partial charge in [-0.15, -0.1) is 0 Å². The van der Waals surface area contributed by atoms with Gasteiger partial charge in [0.05, 0.1) is 40.6 Å². The highest BCUT2D eigenvalue weighted by Crippen LogP contribution is 2.30. The van der Waals surface area contributed by atoms with Crippen molar-refractivity contribution < 1.29 is 18.3 Å². The summed E-state index contributed by atoms with van der Waals surface area (Å²) in [5.41, 5.74) is 12.8. The third-order valence-electron chi connectivity index (χ3n) is 5.53. The molecule has 1 fully saturated rings. The van der Waals surface area contributed by atoms with E-state index in [9.17, 15) is 13.6 Å². The maximum atomic E-state index is 14.2. The maximum Gasteiger partial charge on any atom is 0.276 e. The summed E-state index contributed by atoms with van der Waals surface area (Å²) in [5.74, 6) is -2.21. The lowest BCUT2D eigenvalue weighted by atomic mass is 10.0. The number of amides is 1. The molecule has 2 atom stereocenters. The lowest BCUT2D eigenvalue weighted by Gasteiger charge is -2.37. The molecular weight excluding hydrogens is 430 g/mol. The number of carbonyl (C=O) groups is 1. The number of pyridine rings is 2. The lowest BCUT2D eigenvalue weighted by Crippen LogP contribution is -2.50. The predicted octanol–water partition coefficient (Wildman–Crippen LogP) is 2.81. The molecule has 0 saturated carbocycles. The second kappa shape index (κ2) is 9.47. The van der Waals surface area contributed by atoms with Gasteiger partial charge in [-0.1, -0.05) is 6.07 Å². The highest BCUT2D eigenvalue weighted by atomic mass is 19.1. The molecular formula is C23H24F2N6O2. The number of nitrogens with zero attached hydrogens (tertiary/aromatic N) is 3. The Labute approximate surface area is 189 Å². The molecule has 8 nitrogen and oxygen atoms in total. The Balaban J connectivity index is 1.64. The van der Waals surface area contributed by atoms with Crippen molar-refractivity contribution in [1.29, 1.82) is 0 Å². The van der Waals surface area contributed by atoms with Crippen LogP contribution in [-0.2, 0) is 4.74 Å². The van der Waals surface area contributed by atoms with E-state index < -0.39 is 17.5 Å². The predicted molar refractivity (Wildman–Crippen MR) is 122 cm³/mol. The zero-order chi connectivity index (χ0) is 23.5. The molecule has 0 radical (unpaired) electrons. The summed E-state index contributed by atoms with van der Waals surface area (Å²) < 4.78 is 33.9. The van der Waals surface area contributed by atoms with Gasteiger partial charge in [0.15, 0.2) is 5.69 Å². The van der Waals surface area contributed by atoms with Gasteiger partial charge in [-0.3, -0.25) is 9.78 Å². The number of piperidine rings is 1. The Morgan fingerprint density at radius 1 is 1.18 bits per heavy atom. The number of nitrogens with one attached hydrogen (secondary N) is 1. The number of nitrogen functional groups attached to an aromatic ring is 1. The minimum atomic E-state index is -0.790. The number of hydrogen-bond acceptors (Lipinski definition) is 7. The van der Waals surface area contributed by atoms with E-state index in [4.69, 9.17) is 16.2 Å². The summed E-state index contributed by atoms with van der Waals surface area (Å²) in [6.45, 7) is 1.18. The molecule has 5 N–H and O–H groups in total. The first-order valence-corrected chi connectivity index (χ1v) is 10.4. The van der Waals surface area contributed by atoms with Crippen molar-refractivity contribution in [2.24, 2.45) is 5.73 Å². The standard InChI is InChI=1S/C23H24F2N6O2/c1-33-14-9-13(26)11-31(12-14)20-7-8-28-10-19(20)30-23(32)22-17(27)5-6-18(29-22)21-15(24)3-2-4-16(21)25/h2-8,10,13-14H,9,11-12,26-27H2,1H3,(H,30,32)/t13-,14+/m0/s1. The van der Waals surface area contributed by atoms with Gasteiger partial charge in [0.1, 0.15) is 11.6 Å². The van der Waals surface area contributed by atoms with Crippen LogP contribution in [0.15, 0.2) is 48.8 Å². The number of ether oxygens (including phenoxy) is 1. The Hall–Kier alpha value is -3.63. The SMILES string of the molecule is CO[C@@H]1C[C@H](N)CN(c2ccncc2NC(=O)c2nc(-c3c(F)cccc3F)ccc2N)C1. The van der Waals surface area contributed by atoms with Gasteiger partial charge in [-0.25, -0.2) is 13.8 Å². The molecule has 172 valence electrons. The van der Waals surface area contributed by atoms with Gasteiger partial charge >= 0.3 is 0 Å². The van der Waals surface area contributed by atoms with Crippen LogP contribution in [0.2, 0.25) is 0 Å². The minimum Gasteiger partial charge on any atom is -0.397 e. The van der Waals surface area contributed by atoms with Crippen molar-refractivity contribution in [2.75, 3.05) is 36.1 Å². The smallest absolute Gasteiger partial charge is 0.276 e. The van der Waals surface area contributed by atoms with Crippen molar-refractivity contribution in [2.45, 2.75) is 18.6 Å². The molecule has 1 saturated heterocycles. The Morgan fingerprint density at radius 2 is 1.94 bits per heavy atom. The van der Waals surface area contributed by atoms with Gasteiger partial charge in [0.2, 0.25) is 0 Å². The number of halogens is 2. The Morgan fingerprint density at radius 3 is 2.67 bits per heavy atom. The summed E-state index contributed by atoms with van der Waals surface area (Å²) in [6, 6.07) is 7.92. The summed E-state index contributed by atoms with van der Waals surface area (Å²) in [5, 5.41) is 2.77. The monoisotopic (exact) mass is 454 g/mol. The van der Waals surface area contributed by atoms with E-state index in [-0.39, 0.29) is 34.8 Å². The number of rotatable bonds is 5. The molecule has 4 rings (SSSR count). The van der Waals surface area contributed by atoms with E-state index in [2.05, 4.69) is 15.3 Å². The molecule has 1 aliphatic heterocycles. The second-order valence-corrected chi connectivity index (χ2v) is 7.84. The van der Waals surface area contributed by atoms with Crippen LogP contribution >= 0.6 is 0 Å². The van der Waals surface area contributed by atoms with Gasteiger partial charge in [0.25, 0.3) is 5.91 Å². The van der Waals surface area contributed by atoms with Crippen LogP contribution in [0.1, 0.15) is 16.9 Å². The zero-order valence-corrected chi connectivity index (χ0v) is 18.0. The molecule has 1 aliphatic rings. The average molecular weight is 454 g/mol. The highest BCUT2D eigenvalue weighted by molar-refractivity contribution is 6.08. The van der Waals surface area contributed by atoms with Crippen molar-refractivity contribution in [3.63, 3.8) is 0 Å². The normalized spacial score (nSPS) is 18.2. The molecule has 10 heteroatoms. The van der Waals surface area contributed by atoms with E-state index >= 15 is 0 Å². The van der Waals surface area contributed by atoms with E-state index in [1.165, 1.54) is 24.4 Å². The first kappa shape index (κ1) is 22.6. The number of nitrogens with two attached hydrogens (primary N) is 2. The van der Waals surface area contributed by atoms with E-state index in [0.29, 0.717) is 24.5 Å². The number of aromatic nitrogens is 2. The fourth-order valence-corrected chi connectivity index (χ4v) is 3.93. The van der Waals surface area contributed by atoms with Crippen LogP contribution in [0.5, 0.6) is 0 Å². The van der Waals surface area contributed by atoms with Crippen molar-refractivity contribution in [1.82, 2.24) is 9.97 Å². The fourth-order valence-electron chi connectivity index (χ4n) is 3.93. The maximum absolute atomic E-state index is 14.2. The van der Waals surface area contributed by atoms with Crippen molar-refractivity contribution in [3.05, 3.63) is 66.1 Å². The fraction of sp³-hybridized carbons (Fsp3) is 0.261. The molecule has 1 aromatic carbocycles. The van der Waals surface area contributed by atoms with Crippen LogP contribution in [0.4, 0.5) is 25.8 Å². The first-order chi connectivity index (χ1) is 15.9. The lowest BCUT2D eigenvalue weighted by molar-refractivity contribution is 0.0836. The molecule has 3 aromatic rings. The molecule has 0 aliphatic carbocycles. The van der Waals surface area contributed by atoms with Crippen molar-refractivity contribution in [3.8, 4) is 11.3 Å². The van der Waals surface area contributed by atoms with Crippen molar-refractivity contribution >= 4 is 23.0 Å². The number of carbonyl (C=O) groups excluding carboxylic acids is 1. The Kier molecular flexibility index (Phi) is 6.47. The number of anilines is 3. The minimum absolute atomic E-state index is 0.0405. The second-order valence-electron chi connectivity index (χ2n) is 7.84. The first-order valence-electron chi connectivity index (χ1n) is 10.4. The van der Waals surface area contributed by atoms with Crippen LogP contribution in [0.3, 0.4) is 0 Å².